The molecule has 0 radical (unpaired) electrons. The van der Waals surface area contributed by atoms with Crippen LogP contribution in [-0.2, 0) is 4.79 Å². The van der Waals surface area contributed by atoms with Crippen LogP contribution < -0.4 is 10.6 Å². The Labute approximate surface area is 122 Å². The highest BCUT2D eigenvalue weighted by Crippen LogP contribution is 2.22. The summed E-state index contributed by atoms with van der Waals surface area (Å²) in [7, 11) is 0. The number of anilines is 1. The Bertz CT molecular complexity index is 450. The highest BCUT2D eigenvalue weighted by atomic mass is 16.1. The van der Waals surface area contributed by atoms with Crippen molar-refractivity contribution in [3.63, 3.8) is 0 Å². The van der Waals surface area contributed by atoms with Gasteiger partial charge >= 0.3 is 0 Å². The van der Waals surface area contributed by atoms with E-state index in [1.807, 2.05) is 0 Å². The molecular weight excluding hydrogens is 248 g/mol. The number of hydrogen-bond donors (Lipinski definition) is 2. The first-order valence-electron chi connectivity index (χ1n) is 7.73. The van der Waals surface area contributed by atoms with Crippen LogP contribution in [0.4, 0.5) is 5.69 Å². The molecule has 110 valence electrons. The zero-order chi connectivity index (χ0) is 14.4. The van der Waals surface area contributed by atoms with Gasteiger partial charge in [0.25, 0.3) is 0 Å². The molecule has 0 spiro atoms. The molecule has 0 unspecified atom stereocenters. The third kappa shape index (κ3) is 4.55. The fraction of sp³-hybridized carbons (Fsp3) is 0.588. The van der Waals surface area contributed by atoms with Gasteiger partial charge in [-0.15, -0.1) is 0 Å². The first kappa shape index (κ1) is 14.9. The first-order valence-corrected chi connectivity index (χ1v) is 7.73. The summed E-state index contributed by atoms with van der Waals surface area (Å²) in [5.74, 6) is 0.782. The van der Waals surface area contributed by atoms with Gasteiger partial charge in [0.15, 0.2) is 0 Å². The summed E-state index contributed by atoms with van der Waals surface area (Å²) in [4.78, 5) is 11.9. The Balaban J connectivity index is 1.73. The van der Waals surface area contributed by atoms with E-state index >= 15 is 0 Å². The van der Waals surface area contributed by atoms with E-state index in [1.54, 1.807) is 0 Å². The van der Waals surface area contributed by atoms with E-state index in [1.165, 1.54) is 43.2 Å². The highest BCUT2D eigenvalue weighted by Gasteiger charge is 2.14. The van der Waals surface area contributed by atoms with Gasteiger partial charge in [-0.05, 0) is 49.8 Å². The van der Waals surface area contributed by atoms with Crippen molar-refractivity contribution in [1.82, 2.24) is 5.32 Å². The summed E-state index contributed by atoms with van der Waals surface area (Å²) in [5.41, 5.74) is 3.44. The van der Waals surface area contributed by atoms with E-state index in [9.17, 15) is 4.79 Å². The number of amides is 1. The summed E-state index contributed by atoms with van der Waals surface area (Å²) in [6.45, 7) is 5.32. The molecule has 0 heterocycles. The highest BCUT2D eigenvalue weighted by molar-refractivity contribution is 5.81. The van der Waals surface area contributed by atoms with Crippen molar-refractivity contribution in [1.29, 1.82) is 0 Å². The molecule has 1 amide bonds. The molecule has 1 aliphatic rings. The molecule has 0 saturated heterocycles. The molecule has 0 aliphatic heterocycles. The molecule has 20 heavy (non-hydrogen) atoms. The monoisotopic (exact) mass is 274 g/mol. The number of benzene rings is 1. The van der Waals surface area contributed by atoms with E-state index in [-0.39, 0.29) is 5.91 Å². The molecular formula is C17H26N2O. The normalized spacial score (nSPS) is 15.9. The zero-order valence-electron chi connectivity index (χ0n) is 12.7. The molecule has 1 aromatic carbocycles. The number of carbonyl (C=O) groups excluding carboxylic acids is 1. The van der Waals surface area contributed by atoms with Gasteiger partial charge in [-0.25, -0.2) is 0 Å². The van der Waals surface area contributed by atoms with E-state index < -0.39 is 0 Å². The number of aryl methyl sites for hydroxylation is 2. The lowest BCUT2D eigenvalue weighted by Gasteiger charge is -2.21. The largest absolute Gasteiger partial charge is 0.376 e. The minimum Gasteiger partial charge on any atom is -0.376 e. The Morgan fingerprint density at radius 1 is 1.20 bits per heavy atom. The van der Waals surface area contributed by atoms with Crippen LogP contribution in [0.2, 0.25) is 0 Å². The molecule has 0 aromatic heterocycles. The van der Waals surface area contributed by atoms with Crippen LogP contribution in [0.25, 0.3) is 0 Å². The quantitative estimate of drug-likeness (QED) is 0.864. The van der Waals surface area contributed by atoms with Crippen molar-refractivity contribution in [3.8, 4) is 0 Å². The SMILES string of the molecule is Cc1ccc(C)c(NCC(=O)NCC2CCCCC2)c1. The van der Waals surface area contributed by atoms with E-state index in [0.29, 0.717) is 12.5 Å². The molecule has 2 rings (SSSR count). The fourth-order valence-corrected chi connectivity index (χ4v) is 2.81. The van der Waals surface area contributed by atoms with Gasteiger partial charge in [-0.2, -0.15) is 0 Å². The van der Waals surface area contributed by atoms with Gasteiger partial charge in [0.2, 0.25) is 5.91 Å². The summed E-state index contributed by atoms with van der Waals surface area (Å²) >= 11 is 0. The smallest absolute Gasteiger partial charge is 0.239 e. The number of nitrogens with one attached hydrogen (secondary N) is 2. The molecule has 1 fully saturated rings. The number of rotatable bonds is 5. The van der Waals surface area contributed by atoms with Crippen LogP contribution >= 0.6 is 0 Å². The second-order valence-corrected chi connectivity index (χ2v) is 5.98. The average molecular weight is 274 g/mol. The summed E-state index contributed by atoms with van der Waals surface area (Å²) < 4.78 is 0. The maximum absolute atomic E-state index is 11.9. The molecule has 3 heteroatoms. The predicted molar refractivity (Wildman–Crippen MR) is 84.0 cm³/mol. The average Bonchev–Trinajstić information content (AvgIpc) is 2.47. The van der Waals surface area contributed by atoms with E-state index in [4.69, 9.17) is 0 Å². The van der Waals surface area contributed by atoms with Gasteiger partial charge in [0.05, 0.1) is 6.54 Å². The third-order valence-electron chi connectivity index (χ3n) is 4.15. The Hall–Kier alpha value is -1.51. The minimum atomic E-state index is 0.0940. The lowest BCUT2D eigenvalue weighted by molar-refractivity contribution is -0.119. The van der Waals surface area contributed by atoms with E-state index in [2.05, 4.69) is 42.7 Å². The lowest BCUT2D eigenvalue weighted by atomic mass is 9.89. The van der Waals surface area contributed by atoms with Crippen molar-refractivity contribution >= 4 is 11.6 Å². The van der Waals surface area contributed by atoms with Crippen LogP contribution in [0.5, 0.6) is 0 Å². The topological polar surface area (TPSA) is 41.1 Å². The van der Waals surface area contributed by atoms with Gasteiger partial charge < -0.3 is 10.6 Å². The summed E-state index contributed by atoms with van der Waals surface area (Å²) in [5, 5.41) is 6.28. The molecule has 1 aromatic rings. The molecule has 3 nitrogen and oxygen atoms in total. The van der Waals surface area contributed by atoms with Crippen LogP contribution in [0.15, 0.2) is 18.2 Å². The molecule has 1 saturated carbocycles. The maximum atomic E-state index is 11.9. The molecule has 2 N–H and O–H groups in total. The standard InChI is InChI=1S/C17H26N2O/c1-13-8-9-14(2)16(10-13)18-12-17(20)19-11-15-6-4-3-5-7-15/h8-10,15,18H,3-7,11-12H2,1-2H3,(H,19,20). The van der Waals surface area contributed by atoms with Gasteiger partial charge in [-0.1, -0.05) is 31.4 Å². The van der Waals surface area contributed by atoms with Gasteiger partial charge in [-0.3, -0.25) is 4.79 Å². The van der Waals surface area contributed by atoms with Crippen LogP contribution in [0, 0.1) is 19.8 Å². The predicted octanol–water partition coefficient (Wildman–Crippen LogP) is 3.41. The Kier molecular flexibility index (Phi) is 5.45. The first-order chi connectivity index (χ1) is 9.65. The van der Waals surface area contributed by atoms with Crippen molar-refractivity contribution in [2.75, 3.05) is 18.4 Å². The minimum absolute atomic E-state index is 0.0940. The second-order valence-electron chi connectivity index (χ2n) is 5.98. The van der Waals surface area contributed by atoms with Gasteiger partial charge in [0.1, 0.15) is 0 Å². The van der Waals surface area contributed by atoms with Crippen LogP contribution in [-0.4, -0.2) is 19.0 Å². The molecule has 0 bridgehead atoms. The van der Waals surface area contributed by atoms with Crippen molar-refractivity contribution in [3.05, 3.63) is 29.3 Å². The number of hydrogen-bond acceptors (Lipinski definition) is 2. The fourth-order valence-electron chi connectivity index (χ4n) is 2.81. The van der Waals surface area contributed by atoms with Gasteiger partial charge in [0, 0.05) is 12.2 Å². The Morgan fingerprint density at radius 2 is 1.95 bits per heavy atom. The van der Waals surface area contributed by atoms with E-state index in [0.717, 1.165) is 12.2 Å². The van der Waals surface area contributed by atoms with Crippen LogP contribution in [0.3, 0.4) is 0 Å². The van der Waals surface area contributed by atoms with Crippen molar-refractivity contribution in [2.24, 2.45) is 5.92 Å². The van der Waals surface area contributed by atoms with Crippen molar-refractivity contribution < 1.29 is 4.79 Å². The molecule has 0 atom stereocenters. The maximum Gasteiger partial charge on any atom is 0.239 e. The van der Waals surface area contributed by atoms with Crippen LogP contribution in [0.1, 0.15) is 43.2 Å². The third-order valence-corrected chi connectivity index (χ3v) is 4.15. The number of carbonyl (C=O) groups is 1. The summed E-state index contributed by atoms with van der Waals surface area (Å²) in [6, 6.07) is 6.25. The molecule has 1 aliphatic carbocycles. The summed E-state index contributed by atoms with van der Waals surface area (Å²) in [6.07, 6.45) is 6.54. The van der Waals surface area contributed by atoms with Crippen molar-refractivity contribution in [2.45, 2.75) is 46.0 Å². The lowest BCUT2D eigenvalue weighted by Crippen LogP contribution is -2.34. The second kappa shape index (κ2) is 7.32. The zero-order valence-corrected chi connectivity index (χ0v) is 12.7. The Morgan fingerprint density at radius 3 is 2.70 bits per heavy atom.